The van der Waals surface area contributed by atoms with Crippen molar-refractivity contribution in [1.82, 2.24) is 4.98 Å². The topological polar surface area (TPSA) is 37.0 Å². The van der Waals surface area contributed by atoms with Crippen LogP contribution in [0.15, 0.2) is 24.3 Å². The van der Waals surface area contributed by atoms with Crippen molar-refractivity contribution in [3.8, 4) is 0 Å². The Morgan fingerprint density at radius 1 is 1.00 bits per heavy atom. The van der Waals surface area contributed by atoms with Gasteiger partial charge < -0.3 is 10.6 Å². The van der Waals surface area contributed by atoms with Crippen LogP contribution in [0, 0.1) is 6.92 Å². The Bertz CT molecular complexity index is 644. The van der Waals surface area contributed by atoms with Gasteiger partial charge in [0.25, 0.3) is 0 Å². The van der Waals surface area contributed by atoms with E-state index in [0.29, 0.717) is 26.7 Å². The van der Waals surface area contributed by atoms with Crippen molar-refractivity contribution >= 4 is 52.1 Å². The van der Waals surface area contributed by atoms with E-state index in [1.165, 1.54) is 0 Å². The number of aromatic nitrogens is 1. The molecule has 3 nitrogen and oxygen atoms in total. The molecule has 2 aromatic rings. The third kappa shape index (κ3) is 4.16. The Kier molecular flexibility index (Phi) is 5.57. The lowest BCUT2D eigenvalue weighted by Crippen LogP contribution is -2.05. The first-order valence-corrected chi connectivity index (χ1v) is 7.77. The summed E-state index contributed by atoms with van der Waals surface area (Å²) in [5, 5.41) is 7.86. The third-order valence-corrected chi connectivity index (χ3v) is 3.74. The van der Waals surface area contributed by atoms with Crippen LogP contribution in [0.25, 0.3) is 0 Å². The number of rotatable bonds is 5. The number of nitrogens with zero attached hydrogens (tertiary/aromatic N) is 1. The molecule has 0 aliphatic heterocycles. The van der Waals surface area contributed by atoms with Gasteiger partial charge in [-0.1, -0.05) is 47.8 Å². The van der Waals surface area contributed by atoms with Gasteiger partial charge in [0.05, 0.1) is 20.8 Å². The van der Waals surface area contributed by atoms with E-state index in [1.807, 2.05) is 25.1 Å². The fraction of sp³-hybridized carbons (Fsp3) is 0.267. The quantitative estimate of drug-likeness (QED) is 0.707. The van der Waals surface area contributed by atoms with Crippen LogP contribution in [-0.4, -0.2) is 11.5 Å². The summed E-state index contributed by atoms with van der Waals surface area (Å²) in [6.07, 6.45) is 0.979. The first kappa shape index (κ1) is 16.2. The zero-order chi connectivity index (χ0) is 15.4. The van der Waals surface area contributed by atoms with Crippen molar-refractivity contribution in [2.24, 2.45) is 0 Å². The molecule has 2 rings (SSSR count). The van der Waals surface area contributed by atoms with Crippen LogP contribution < -0.4 is 10.6 Å². The molecule has 0 spiro atoms. The standard InChI is InChI=1S/C15H16Cl3N3/c1-3-6-19-14-11(17)8-12(18)15(21-14)20-13-5-4-9(2)7-10(13)16/h4-5,7-8H,3,6H2,1-2H3,(H2,19,20,21). The van der Waals surface area contributed by atoms with Gasteiger partial charge in [-0.25, -0.2) is 4.98 Å². The van der Waals surface area contributed by atoms with Crippen LogP contribution >= 0.6 is 34.8 Å². The number of anilines is 3. The van der Waals surface area contributed by atoms with Crippen molar-refractivity contribution in [2.45, 2.75) is 20.3 Å². The Labute approximate surface area is 139 Å². The van der Waals surface area contributed by atoms with E-state index in [9.17, 15) is 0 Å². The Morgan fingerprint density at radius 2 is 1.71 bits per heavy atom. The first-order valence-electron chi connectivity index (χ1n) is 6.64. The summed E-state index contributed by atoms with van der Waals surface area (Å²) in [5.74, 6) is 1.12. The maximum absolute atomic E-state index is 6.21. The highest BCUT2D eigenvalue weighted by Gasteiger charge is 2.10. The maximum atomic E-state index is 6.21. The van der Waals surface area contributed by atoms with Gasteiger partial charge in [0.15, 0.2) is 5.82 Å². The van der Waals surface area contributed by atoms with Gasteiger partial charge in [0.2, 0.25) is 0 Å². The second-order valence-electron chi connectivity index (χ2n) is 4.68. The molecule has 0 saturated carbocycles. The highest BCUT2D eigenvalue weighted by Crippen LogP contribution is 2.33. The molecular formula is C15H16Cl3N3. The number of hydrogen-bond donors (Lipinski definition) is 2. The van der Waals surface area contributed by atoms with E-state index < -0.39 is 0 Å². The average Bonchev–Trinajstić information content (AvgIpc) is 2.43. The molecule has 1 aromatic carbocycles. The number of nitrogens with one attached hydrogen (secondary N) is 2. The molecule has 2 N–H and O–H groups in total. The van der Waals surface area contributed by atoms with Gasteiger partial charge in [0.1, 0.15) is 5.82 Å². The molecule has 0 saturated heterocycles. The van der Waals surface area contributed by atoms with Gasteiger partial charge in [0, 0.05) is 6.54 Å². The predicted octanol–water partition coefficient (Wildman–Crippen LogP) is 5.92. The molecule has 6 heteroatoms. The van der Waals surface area contributed by atoms with Gasteiger partial charge in [-0.05, 0) is 37.1 Å². The fourth-order valence-corrected chi connectivity index (χ4v) is 2.53. The smallest absolute Gasteiger partial charge is 0.151 e. The SMILES string of the molecule is CCCNc1nc(Nc2ccc(C)cc2Cl)c(Cl)cc1Cl. The molecule has 1 aromatic heterocycles. The van der Waals surface area contributed by atoms with Crippen molar-refractivity contribution < 1.29 is 0 Å². The Balaban J connectivity index is 2.30. The summed E-state index contributed by atoms with van der Waals surface area (Å²) in [6.45, 7) is 4.84. The number of halogens is 3. The molecule has 1 heterocycles. The summed E-state index contributed by atoms with van der Waals surface area (Å²) in [5.41, 5.74) is 1.84. The molecule has 0 unspecified atom stereocenters. The molecule has 0 fully saturated rings. The van der Waals surface area contributed by atoms with Crippen LogP contribution in [0.1, 0.15) is 18.9 Å². The normalized spacial score (nSPS) is 10.5. The van der Waals surface area contributed by atoms with E-state index in [-0.39, 0.29) is 0 Å². The first-order chi connectivity index (χ1) is 10.0. The van der Waals surface area contributed by atoms with Crippen LogP contribution in [0.4, 0.5) is 17.3 Å². The molecule has 0 radical (unpaired) electrons. The van der Waals surface area contributed by atoms with E-state index in [4.69, 9.17) is 34.8 Å². The monoisotopic (exact) mass is 343 g/mol. The van der Waals surface area contributed by atoms with Crippen LogP contribution in [-0.2, 0) is 0 Å². The van der Waals surface area contributed by atoms with E-state index in [0.717, 1.165) is 24.2 Å². The van der Waals surface area contributed by atoms with Crippen LogP contribution in [0.5, 0.6) is 0 Å². The summed E-state index contributed by atoms with van der Waals surface area (Å²) in [7, 11) is 0. The van der Waals surface area contributed by atoms with Crippen molar-refractivity contribution in [1.29, 1.82) is 0 Å². The molecule has 21 heavy (non-hydrogen) atoms. The Hall–Kier alpha value is -1.16. The molecule has 0 aliphatic rings. The molecule has 0 atom stereocenters. The molecule has 0 aliphatic carbocycles. The zero-order valence-electron chi connectivity index (χ0n) is 11.8. The summed E-state index contributed by atoms with van der Waals surface area (Å²) >= 11 is 18.5. The van der Waals surface area contributed by atoms with Crippen LogP contribution in [0.3, 0.4) is 0 Å². The van der Waals surface area contributed by atoms with Gasteiger partial charge in [-0.3, -0.25) is 0 Å². The largest absolute Gasteiger partial charge is 0.369 e. The summed E-state index contributed by atoms with van der Waals surface area (Å²) in [4.78, 5) is 4.42. The van der Waals surface area contributed by atoms with Crippen molar-refractivity contribution in [3.63, 3.8) is 0 Å². The number of aryl methyl sites for hydroxylation is 1. The van der Waals surface area contributed by atoms with Crippen molar-refractivity contribution in [3.05, 3.63) is 44.9 Å². The van der Waals surface area contributed by atoms with Gasteiger partial charge in [-0.2, -0.15) is 0 Å². The summed E-state index contributed by atoms with van der Waals surface area (Å²) in [6, 6.07) is 7.40. The number of benzene rings is 1. The van der Waals surface area contributed by atoms with E-state index >= 15 is 0 Å². The molecule has 112 valence electrons. The predicted molar refractivity (Wildman–Crippen MR) is 92.5 cm³/mol. The van der Waals surface area contributed by atoms with E-state index in [2.05, 4.69) is 22.5 Å². The molecule has 0 amide bonds. The minimum absolute atomic E-state index is 0.443. The lowest BCUT2D eigenvalue weighted by Gasteiger charge is -2.13. The molecular weight excluding hydrogens is 329 g/mol. The second kappa shape index (κ2) is 7.21. The maximum Gasteiger partial charge on any atom is 0.151 e. The lowest BCUT2D eigenvalue weighted by atomic mass is 10.2. The minimum atomic E-state index is 0.443. The fourth-order valence-electron chi connectivity index (χ4n) is 1.77. The highest BCUT2D eigenvalue weighted by atomic mass is 35.5. The lowest BCUT2D eigenvalue weighted by molar-refractivity contribution is 0.970. The average molecular weight is 345 g/mol. The Morgan fingerprint density at radius 3 is 2.38 bits per heavy atom. The third-order valence-electron chi connectivity index (χ3n) is 2.85. The number of hydrogen-bond acceptors (Lipinski definition) is 3. The highest BCUT2D eigenvalue weighted by molar-refractivity contribution is 6.37. The second-order valence-corrected chi connectivity index (χ2v) is 5.91. The van der Waals surface area contributed by atoms with Crippen LogP contribution in [0.2, 0.25) is 15.1 Å². The summed E-state index contributed by atoms with van der Waals surface area (Å²) < 4.78 is 0. The number of pyridine rings is 1. The molecule has 0 bridgehead atoms. The van der Waals surface area contributed by atoms with E-state index in [1.54, 1.807) is 6.07 Å². The minimum Gasteiger partial charge on any atom is -0.369 e. The van der Waals surface area contributed by atoms with Crippen molar-refractivity contribution in [2.75, 3.05) is 17.2 Å². The zero-order valence-corrected chi connectivity index (χ0v) is 14.1. The van der Waals surface area contributed by atoms with Gasteiger partial charge in [-0.15, -0.1) is 0 Å². The van der Waals surface area contributed by atoms with Gasteiger partial charge >= 0.3 is 0 Å².